The van der Waals surface area contributed by atoms with Crippen molar-refractivity contribution in [2.75, 3.05) is 17.6 Å². The average molecular weight is 395 g/mol. The molecule has 1 aliphatic rings. The summed E-state index contributed by atoms with van der Waals surface area (Å²) in [4.78, 5) is 9.19. The molecule has 6 heteroatoms. The molecule has 0 aromatic carbocycles. The lowest BCUT2D eigenvalue weighted by Crippen LogP contribution is -2.23. The number of aromatic nitrogens is 2. The van der Waals surface area contributed by atoms with E-state index in [1.165, 1.54) is 0 Å². The van der Waals surface area contributed by atoms with E-state index in [0.29, 0.717) is 10.5 Å². The lowest BCUT2D eigenvalue weighted by Gasteiger charge is -2.30. The molecule has 1 aliphatic heterocycles. The SMILES string of the molecule is CCNc1nc(C2CSC(C)C(C)S2)ncc1I. The van der Waals surface area contributed by atoms with Gasteiger partial charge in [-0.3, -0.25) is 0 Å². The highest BCUT2D eigenvalue weighted by Gasteiger charge is 2.28. The van der Waals surface area contributed by atoms with E-state index < -0.39 is 0 Å². The van der Waals surface area contributed by atoms with Crippen LogP contribution < -0.4 is 5.32 Å². The van der Waals surface area contributed by atoms with Crippen molar-refractivity contribution in [3.63, 3.8) is 0 Å². The van der Waals surface area contributed by atoms with Gasteiger partial charge < -0.3 is 5.32 Å². The molecule has 0 spiro atoms. The van der Waals surface area contributed by atoms with Gasteiger partial charge in [0.15, 0.2) is 0 Å². The number of nitrogens with one attached hydrogen (secondary N) is 1. The zero-order valence-corrected chi connectivity index (χ0v) is 14.6. The first-order chi connectivity index (χ1) is 8.61. The largest absolute Gasteiger partial charge is 0.369 e. The van der Waals surface area contributed by atoms with Crippen LogP contribution in [-0.2, 0) is 0 Å². The Balaban J connectivity index is 2.15. The molecule has 18 heavy (non-hydrogen) atoms. The quantitative estimate of drug-likeness (QED) is 0.788. The summed E-state index contributed by atoms with van der Waals surface area (Å²) in [5, 5.41) is 5.12. The third kappa shape index (κ3) is 3.45. The molecule has 3 nitrogen and oxygen atoms in total. The summed E-state index contributed by atoms with van der Waals surface area (Å²) in [7, 11) is 0. The van der Waals surface area contributed by atoms with E-state index in [1.54, 1.807) is 0 Å². The second-order valence-electron chi connectivity index (χ2n) is 4.32. The molecule has 0 bridgehead atoms. The Morgan fingerprint density at radius 1 is 1.44 bits per heavy atom. The van der Waals surface area contributed by atoms with E-state index in [0.717, 1.165) is 32.8 Å². The summed E-state index contributed by atoms with van der Waals surface area (Å²) in [6.45, 7) is 7.59. The van der Waals surface area contributed by atoms with Crippen LogP contribution >= 0.6 is 46.1 Å². The summed E-state index contributed by atoms with van der Waals surface area (Å²) in [6.07, 6.45) is 1.93. The maximum Gasteiger partial charge on any atom is 0.144 e. The molecule has 1 N–H and O–H groups in total. The predicted molar refractivity (Wildman–Crippen MR) is 90.6 cm³/mol. The number of thioether (sulfide) groups is 2. The minimum absolute atomic E-state index is 0.426. The molecule has 0 radical (unpaired) electrons. The van der Waals surface area contributed by atoms with Gasteiger partial charge in [-0.25, -0.2) is 9.97 Å². The van der Waals surface area contributed by atoms with Crippen LogP contribution in [0, 0.1) is 3.57 Å². The highest BCUT2D eigenvalue weighted by atomic mass is 127. The van der Waals surface area contributed by atoms with Gasteiger partial charge in [-0.1, -0.05) is 13.8 Å². The normalized spacial score (nSPS) is 28.1. The molecule has 2 heterocycles. The maximum atomic E-state index is 4.68. The van der Waals surface area contributed by atoms with Crippen LogP contribution in [0.15, 0.2) is 6.20 Å². The summed E-state index contributed by atoms with van der Waals surface area (Å²) < 4.78 is 1.09. The lowest BCUT2D eigenvalue weighted by atomic mass is 10.3. The molecule has 1 aromatic rings. The lowest BCUT2D eigenvalue weighted by molar-refractivity contribution is 0.857. The number of hydrogen-bond donors (Lipinski definition) is 1. The van der Waals surface area contributed by atoms with Gasteiger partial charge in [-0.05, 0) is 29.5 Å². The van der Waals surface area contributed by atoms with Crippen molar-refractivity contribution in [1.29, 1.82) is 0 Å². The van der Waals surface area contributed by atoms with E-state index in [4.69, 9.17) is 0 Å². The van der Waals surface area contributed by atoms with Gasteiger partial charge in [0.2, 0.25) is 0 Å². The second kappa shape index (κ2) is 6.65. The van der Waals surface area contributed by atoms with E-state index in [-0.39, 0.29) is 0 Å². The molecule has 0 aliphatic carbocycles. The summed E-state index contributed by atoms with van der Waals surface area (Å²) >= 11 is 6.31. The highest BCUT2D eigenvalue weighted by Crippen LogP contribution is 2.43. The molecule has 3 atom stereocenters. The summed E-state index contributed by atoms with van der Waals surface area (Å²) in [5.74, 6) is 3.06. The minimum atomic E-state index is 0.426. The molecule has 1 aromatic heterocycles. The molecule has 3 unspecified atom stereocenters. The van der Waals surface area contributed by atoms with Crippen LogP contribution in [-0.4, -0.2) is 32.8 Å². The standard InChI is InChI=1S/C12H18IN3S2/c1-4-14-11-9(13)5-15-12(16-11)10-6-17-7(2)8(3)18-10/h5,7-8,10H,4,6H2,1-3H3,(H,14,15,16). The monoisotopic (exact) mass is 395 g/mol. The number of nitrogens with zero attached hydrogens (tertiary/aromatic N) is 2. The Kier molecular flexibility index (Phi) is 5.44. The molecule has 0 saturated carbocycles. The van der Waals surface area contributed by atoms with E-state index in [2.05, 4.69) is 58.6 Å². The highest BCUT2D eigenvalue weighted by molar-refractivity contribution is 14.1. The Morgan fingerprint density at radius 2 is 2.22 bits per heavy atom. The number of rotatable bonds is 3. The van der Waals surface area contributed by atoms with Gasteiger partial charge in [0.25, 0.3) is 0 Å². The summed E-state index contributed by atoms with van der Waals surface area (Å²) in [6, 6.07) is 0. The Morgan fingerprint density at radius 3 is 2.89 bits per heavy atom. The topological polar surface area (TPSA) is 37.8 Å². The van der Waals surface area contributed by atoms with Crippen LogP contribution in [0.2, 0.25) is 0 Å². The van der Waals surface area contributed by atoms with Crippen LogP contribution in [0.5, 0.6) is 0 Å². The Labute approximate surface area is 131 Å². The first-order valence-corrected chi connectivity index (χ1v) is 9.22. The van der Waals surface area contributed by atoms with Crippen molar-refractivity contribution in [3.05, 3.63) is 15.6 Å². The molecule has 0 amide bonds. The van der Waals surface area contributed by atoms with E-state index >= 15 is 0 Å². The summed E-state index contributed by atoms with van der Waals surface area (Å²) in [5.41, 5.74) is 0. The van der Waals surface area contributed by atoms with Crippen LogP contribution in [0.3, 0.4) is 0 Å². The number of anilines is 1. The van der Waals surface area contributed by atoms with E-state index in [1.807, 2.05) is 29.7 Å². The fourth-order valence-corrected chi connectivity index (χ4v) is 5.05. The molecular weight excluding hydrogens is 377 g/mol. The smallest absolute Gasteiger partial charge is 0.144 e. The molecule has 2 rings (SSSR count). The van der Waals surface area contributed by atoms with Crippen molar-refractivity contribution in [1.82, 2.24) is 9.97 Å². The first kappa shape index (κ1) is 14.7. The van der Waals surface area contributed by atoms with Gasteiger partial charge in [0.1, 0.15) is 11.6 Å². The average Bonchev–Trinajstić information content (AvgIpc) is 2.36. The van der Waals surface area contributed by atoms with Crippen molar-refractivity contribution in [3.8, 4) is 0 Å². The van der Waals surface area contributed by atoms with Crippen molar-refractivity contribution in [2.45, 2.75) is 36.5 Å². The second-order valence-corrected chi connectivity index (χ2v) is 8.48. The van der Waals surface area contributed by atoms with Crippen molar-refractivity contribution >= 4 is 51.9 Å². The van der Waals surface area contributed by atoms with Crippen LogP contribution in [0.4, 0.5) is 5.82 Å². The molecule has 1 saturated heterocycles. The van der Waals surface area contributed by atoms with Crippen molar-refractivity contribution in [2.24, 2.45) is 0 Å². The maximum absolute atomic E-state index is 4.68. The molecule has 100 valence electrons. The van der Waals surface area contributed by atoms with Gasteiger partial charge in [-0.2, -0.15) is 11.8 Å². The zero-order chi connectivity index (χ0) is 13.1. The number of halogens is 1. The van der Waals surface area contributed by atoms with Gasteiger partial charge >= 0.3 is 0 Å². The third-order valence-corrected chi connectivity index (χ3v) is 7.12. The molecule has 1 fully saturated rings. The zero-order valence-electron chi connectivity index (χ0n) is 10.8. The minimum Gasteiger partial charge on any atom is -0.369 e. The Hall–Kier alpha value is 0.310. The van der Waals surface area contributed by atoms with Gasteiger partial charge in [0, 0.05) is 29.0 Å². The fourth-order valence-electron chi connectivity index (χ4n) is 1.75. The van der Waals surface area contributed by atoms with Crippen LogP contribution in [0.1, 0.15) is 31.8 Å². The van der Waals surface area contributed by atoms with Crippen molar-refractivity contribution < 1.29 is 0 Å². The Bertz CT molecular complexity index is 416. The van der Waals surface area contributed by atoms with Gasteiger partial charge in [-0.15, -0.1) is 11.8 Å². The third-order valence-electron chi connectivity index (χ3n) is 2.95. The molecular formula is C12H18IN3S2. The van der Waals surface area contributed by atoms with Gasteiger partial charge in [0.05, 0.1) is 8.82 Å². The van der Waals surface area contributed by atoms with Crippen LogP contribution in [0.25, 0.3) is 0 Å². The fraction of sp³-hybridized carbons (Fsp3) is 0.667. The number of hydrogen-bond acceptors (Lipinski definition) is 5. The van der Waals surface area contributed by atoms with E-state index in [9.17, 15) is 0 Å². The predicted octanol–water partition coefficient (Wildman–Crippen LogP) is 3.81. The first-order valence-electron chi connectivity index (χ1n) is 6.15.